The number of rotatable bonds is 22. The number of ether oxygens (including phenoxy) is 2. The molecule has 0 bridgehead atoms. The second kappa shape index (κ2) is 19.4. The second-order valence-electron chi connectivity index (χ2n) is 13.2. The molecular weight excluding hydrogens is 733 g/mol. The second-order valence-corrected chi connectivity index (χ2v) is 18.1. The van der Waals surface area contributed by atoms with Crippen molar-refractivity contribution in [3.63, 3.8) is 0 Å². The Bertz CT molecular complexity index is 1810. The fraction of sp³-hybridized carbons (Fsp3) is 0.500. The summed E-state index contributed by atoms with van der Waals surface area (Å²) in [5.41, 5.74) is 3.88. The highest BCUT2D eigenvalue weighted by Crippen LogP contribution is 2.45. The van der Waals surface area contributed by atoms with E-state index >= 15 is 0 Å². The van der Waals surface area contributed by atoms with Gasteiger partial charge in [-0.05, 0) is 37.1 Å². The number of hydrogen-bond donors (Lipinski definition) is 0. The Labute approximate surface area is 321 Å². The maximum atomic E-state index is 12.7. The molecule has 5 heterocycles. The van der Waals surface area contributed by atoms with Gasteiger partial charge >= 0.3 is 11.9 Å². The third kappa shape index (κ3) is 10.0. The zero-order chi connectivity index (χ0) is 35.4. The number of fused-ring (bicyclic) bond motifs is 3. The molecule has 0 spiro atoms. The molecule has 11 heteroatoms. The van der Waals surface area contributed by atoms with Crippen LogP contribution in [0.3, 0.4) is 0 Å². The van der Waals surface area contributed by atoms with Gasteiger partial charge in [-0.15, -0.1) is 45.3 Å². The van der Waals surface area contributed by atoms with Crippen LogP contribution in [0.2, 0.25) is 0 Å². The van der Waals surface area contributed by atoms with Crippen LogP contribution in [0.5, 0.6) is 0 Å². The lowest BCUT2D eigenvalue weighted by Crippen LogP contribution is -2.04. The number of unbranched alkanes of at least 4 members (excludes halogenated alkanes) is 14. The number of carbonyl (C=O) groups is 2. The molecule has 6 aromatic rings. The van der Waals surface area contributed by atoms with Gasteiger partial charge in [-0.2, -0.15) is 8.75 Å². The number of benzene rings is 1. The van der Waals surface area contributed by atoms with E-state index in [1.165, 1.54) is 111 Å². The van der Waals surface area contributed by atoms with E-state index < -0.39 is 0 Å². The summed E-state index contributed by atoms with van der Waals surface area (Å²) in [4.78, 5) is 29.0. The first kappa shape index (κ1) is 38.0. The highest BCUT2D eigenvalue weighted by atomic mass is 32.1. The third-order valence-electron chi connectivity index (χ3n) is 9.22. The quantitative estimate of drug-likeness (QED) is 0.0504. The van der Waals surface area contributed by atoms with Gasteiger partial charge in [0.05, 0.1) is 24.9 Å². The van der Waals surface area contributed by atoms with Crippen LogP contribution in [0.4, 0.5) is 0 Å². The van der Waals surface area contributed by atoms with Crippen LogP contribution in [0.1, 0.15) is 136 Å². The summed E-state index contributed by atoms with van der Waals surface area (Å²) in [5.74, 6) is -0.441. The smallest absolute Gasteiger partial charge is 0.348 e. The SMILES string of the molecule is CCCCCCCCCCOC(=O)c1cc2sc(-c3ccc(-c4cc5sc(C(=O)OCCCCCCCCCC)cc5s4)c4nsnc34)cc2s1. The van der Waals surface area contributed by atoms with Crippen molar-refractivity contribution >= 4 is 98.8 Å². The lowest BCUT2D eigenvalue weighted by atomic mass is 10.1. The van der Waals surface area contributed by atoms with Gasteiger partial charge < -0.3 is 9.47 Å². The number of thiophene rings is 4. The monoisotopic (exact) mass is 780 g/mol. The lowest BCUT2D eigenvalue weighted by molar-refractivity contribution is 0.0494. The number of hydrogen-bond acceptors (Lipinski definition) is 11. The van der Waals surface area contributed by atoms with E-state index in [0.717, 1.165) is 76.4 Å². The van der Waals surface area contributed by atoms with Crippen molar-refractivity contribution in [2.45, 2.75) is 117 Å². The van der Waals surface area contributed by atoms with E-state index in [2.05, 4.69) is 38.1 Å². The average Bonchev–Trinajstić information content (AvgIpc) is 3.96. The Morgan fingerprint density at radius 3 is 1.27 bits per heavy atom. The predicted molar refractivity (Wildman–Crippen MR) is 221 cm³/mol. The van der Waals surface area contributed by atoms with Gasteiger partial charge in [0.2, 0.25) is 0 Å². The Kier molecular flexibility index (Phi) is 14.5. The molecule has 0 saturated carbocycles. The molecule has 0 radical (unpaired) electrons. The first-order chi connectivity index (χ1) is 25.1. The summed E-state index contributed by atoms with van der Waals surface area (Å²) in [6.07, 6.45) is 19.5. The van der Waals surface area contributed by atoms with Crippen LogP contribution in [0.15, 0.2) is 36.4 Å². The molecular formula is C40H48N2O4S5. The summed E-state index contributed by atoms with van der Waals surface area (Å²) in [6, 6.07) is 12.5. The van der Waals surface area contributed by atoms with Crippen molar-refractivity contribution in [2.24, 2.45) is 0 Å². The largest absolute Gasteiger partial charge is 0.462 e. The van der Waals surface area contributed by atoms with Gasteiger partial charge in [-0.25, -0.2) is 9.59 Å². The van der Waals surface area contributed by atoms with Crippen LogP contribution in [0.25, 0.3) is 50.7 Å². The van der Waals surface area contributed by atoms with Gasteiger partial charge in [0.1, 0.15) is 20.8 Å². The van der Waals surface area contributed by atoms with Crippen LogP contribution in [-0.2, 0) is 9.47 Å². The zero-order valence-electron chi connectivity index (χ0n) is 29.8. The van der Waals surface area contributed by atoms with E-state index in [4.69, 9.17) is 18.2 Å². The molecule has 5 aromatic heterocycles. The van der Waals surface area contributed by atoms with Crippen molar-refractivity contribution in [1.29, 1.82) is 0 Å². The Morgan fingerprint density at radius 2 is 0.882 bits per heavy atom. The Morgan fingerprint density at radius 1 is 0.510 bits per heavy atom. The number of carbonyl (C=O) groups excluding carboxylic acids is 2. The molecule has 0 N–H and O–H groups in total. The summed E-state index contributed by atoms with van der Waals surface area (Å²) in [6.45, 7) is 5.46. The zero-order valence-corrected chi connectivity index (χ0v) is 33.8. The molecule has 0 aliphatic rings. The van der Waals surface area contributed by atoms with Crippen LogP contribution >= 0.6 is 57.1 Å². The summed E-state index contributed by atoms with van der Waals surface area (Å²) in [7, 11) is 0. The minimum atomic E-state index is -0.220. The molecule has 0 atom stereocenters. The molecule has 6 rings (SSSR count). The van der Waals surface area contributed by atoms with Gasteiger partial charge in [0.25, 0.3) is 0 Å². The van der Waals surface area contributed by atoms with Crippen molar-refractivity contribution in [2.75, 3.05) is 13.2 Å². The van der Waals surface area contributed by atoms with Crippen LogP contribution < -0.4 is 0 Å². The van der Waals surface area contributed by atoms with Gasteiger partial charge in [0, 0.05) is 39.7 Å². The van der Waals surface area contributed by atoms with Crippen LogP contribution in [-0.4, -0.2) is 33.9 Å². The van der Waals surface area contributed by atoms with Gasteiger partial charge in [-0.3, -0.25) is 0 Å². The van der Waals surface area contributed by atoms with E-state index in [0.29, 0.717) is 23.0 Å². The molecule has 0 saturated heterocycles. The number of aromatic nitrogens is 2. The fourth-order valence-electron chi connectivity index (χ4n) is 6.35. The number of nitrogens with zero attached hydrogens (tertiary/aromatic N) is 2. The Hall–Kier alpha value is -2.70. The van der Waals surface area contributed by atoms with Crippen molar-refractivity contribution < 1.29 is 19.1 Å². The molecule has 0 unspecified atom stereocenters. The van der Waals surface area contributed by atoms with E-state index in [1.807, 2.05) is 12.1 Å². The maximum Gasteiger partial charge on any atom is 0.348 e. The summed E-state index contributed by atoms with van der Waals surface area (Å²) < 4.78 is 25.0. The Balaban J connectivity index is 1.03. The summed E-state index contributed by atoms with van der Waals surface area (Å²) in [5, 5.41) is 0. The first-order valence-electron chi connectivity index (χ1n) is 18.7. The van der Waals surface area contributed by atoms with Crippen molar-refractivity contribution in [1.82, 2.24) is 8.75 Å². The predicted octanol–water partition coefficient (Wildman–Crippen LogP) is 14.2. The van der Waals surface area contributed by atoms with E-state index in [9.17, 15) is 9.59 Å². The van der Waals surface area contributed by atoms with E-state index in [-0.39, 0.29) is 11.9 Å². The number of esters is 2. The fourth-order valence-corrected chi connectivity index (χ4v) is 11.6. The average molecular weight is 781 g/mol. The topological polar surface area (TPSA) is 78.4 Å². The molecule has 51 heavy (non-hydrogen) atoms. The van der Waals surface area contributed by atoms with Gasteiger partial charge in [0.15, 0.2) is 0 Å². The highest BCUT2D eigenvalue weighted by molar-refractivity contribution is 7.31. The van der Waals surface area contributed by atoms with Crippen LogP contribution in [0, 0.1) is 0 Å². The van der Waals surface area contributed by atoms with Gasteiger partial charge in [-0.1, -0.05) is 116 Å². The summed E-state index contributed by atoms with van der Waals surface area (Å²) >= 11 is 7.57. The van der Waals surface area contributed by atoms with Crippen molar-refractivity contribution in [3.05, 3.63) is 46.2 Å². The molecule has 0 fully saturated rings. The minimum absolute atomic E-state index is 0.220. The lowest BCUT2D eigenvalue weighted by Gasteiger charge is -2.04. The molecule has 0 aliphatic heterocycles. The minimum Gasteiger partial charge on any atom is -0.462 e. The molecule has 6 nitrogen and oxygen atoms in total. The first-order valence-corrected chi connectivity index (χ1v) is 22.7. The standard InChI is InChI=1S/C40H48N2O4S5/c1-3-5-7-9-11-13-15-17-21-45-39(43)35-25-33-31(49-35)23-29(47-33)27-19-20-28(38-37(27)41-51-42-38)30-24-32-34(48-30)26-36(50-32)40(44)46-22-18-16-14-12-10-8-6-4-2/h19-20,23-26H,3-18,21-22H2,1-2H3. The maximum absolute atomic E-state index is 12.7. The molecule has 0 aliphatic carbocycles. The highest BCUT2D eigenvalue weighted by Gasteiger charge is 2.20. The van der Waals surface area contributed by atoms with Crippen molar-refractivity contribution in [3.8, 4) is 20.9 Å². The normalized spacial score (nSPS) is 11.7. The third-order valence-corrected chi connectivity index (χ3v) is 14.4. The molecule has 272 valence electrons. The van der Waals surface area contributed by atoms with E-state index in [1.54, 1.807) is 22.7 Å². The molecule has 0 amide bonds. The molecule has 1 aromatic carbocycles.